The summed E-state index contributed by atoms with van der Waals surface area (Å²) in [6, 6.07) is 8.35. The second-order valence-electron chi connectivity index (χ2n) is 3.25. The molecule has 0 saturated heterocycles. The van der Waals surface area contributed by atoms with Crippen LogP contribution in [0.15, 0.2) is 30.3 Å². The number of carbonyl (C=O) groups excluding carboxylic acids is 1. The number of rotatable bonds is 5. The minimum Gasteiger partial charge on any atom is -0.289 e. The van der Waals surface area contributed by atoms with Crippen molar-refractivity contribution in [3.8, 4) is 0 Å². The van der Waals surface area contributed by atoms with E-state index in [2.05, 4.69) is 4.72 Å². The molecule has 0 aliphatic carbocycles. The first-order valence-electron chi connectivity index (χ1n) is 4.40. The highest BCUT2D eigenvalue weighted by atomic mass is 32.2. The quantitative estimate of drug-likeness (QED) is 0.783. The highest BCUT2D eigenvalue weighted by Gasteiger charge is 2.13. The molecule has 1 rings (SSSR count). The topological polar surface area (TPSA) is 63.2 Å². The Morgan fingerprint density at radius 3 is 2.40 bits per heavy atom. The summed E-state index contributed by atoms with van der Waals surface area (Å²) in [4.78, 5) is 10.5. The summed E-state index contributed by atoms with van der Waals surface area (Å²) >= 11 is 0. The lowest BCUT2D eigenvalue weighted by molar-refractivity contribution is 0.527. The summed E-state index contributed by atoms with van der Waals surface area (Å²) in [5.74, 6) is 0. The fourth-order valence-electron chi connectivity index (χ4n) is 1.22. The smallest absolute Gasteiger partial charge is 0.218 e. The van der Waals surface area contributed by atoms with Gasteiger partial charge in [0.2, 0.25) is 16.3 Å². The lowest BCUT2D eigenvalue weighted by Gasteiger charge is -2.09. The van der Waals surface area contributed by atoms with E-state index in [4.69, 9.17) is 0 Å². The summed E-state index contributed by atoms with van der Waals surface area (Å²) in [6.07, 6.45) is 3.00. The summed E-state index contributed by atoms with van der Waals surface area (Å²) in [5, 5.41) is 0. The molecule has 15 heavy (non-hydrogen) atoms. The van der Waals surface area contributed by atoms with E-state index in [9.17, 15) is 13.2 Å². The summed E-state index contributed by atoms with van der Waals surface area (Å²) in [6.45, 7) is 0. The van der Waals surface area contributed by atoms with Gasteiger partial charge in [-0.15, -0.1) is 0 Å². The largest absolute Gasteiger partial charge is 0.289 e. The van der Waals surface area contributed by atoms with Crippen LogP contribution in [0.25, 0.3) is 0 Å². The molecule has 0 aliphatic heterocycles. The van der Waals surface area contributed by atoms with Crippen LogP contribution in [0.1, 0.15) is 5.56 Å². The Bertz CT molecular complexity index is 414. The predicted molar refractivity (Wildman–Crippen MR) is 57.6 cm³/mol. The molecule has 4 nitrogen and oxygen atoms in total. The van der Waals surface area contributed by atoms with Gasteiger partial charge in [0.1, 0.15) is 0 Å². The average Bonchev–Trinajstić information content (AvgIpc) is 2.16. The van der Waals surface area contributed by atoms with Crippen molar-refractivity contribution in [1.29, 1.82) is 0 Å². The third-order valence-electron chi connectivity index (χ3n) is 1.78. The van der Waals surface area contributed by atoms with Crippen LogP contribution in [-0.4, -0.2) is 27.0 Å². The second kappa shape index (κ2) is 5.04. The fourth-order valence-corrected chi connectivity index (χ4v) is 1.86. The van der Waals surface area contributed by atoms with Gasteiger partial charge in [-0.2, -0.15) is 0 Å². The highest BCUT2D eigenvalue weighted by molar-refractivity contribution is 7.88. The van der Waals surface area contributed by atoms with E-state index in [1.54, 1.807) is 6.29 Å². The Kier molecular flexibility index (Phi) is 3.99. The number of nitrogens with one attached hydrogen (secondary N) is 1. The van der Waals surface area contributed by atoms with Crippen molar-refractivity contribution < 1.29 is 13.2 Å². The lowest BCUT2D eigenvalue weighted by Crippen LogP contribution is -2.36. The first-order valence-corrected chi connectivity index (χ1v) is 6.29. The number of benzene rings is 1. The van der Waals surface area contributed by atoms with Crippen molar-refractivity contribution in [3.05, 3.63) is 35.9 Å². The summed E-state index contributed by atoms with van der Waals surface area (Å²) in [7, 11) is -3.37. The Labute approximate surface area is 89.4 Å². The van der Waals surface area contributed by atoms with Gasteiger partial charge in [-0.05, 0) is 12.0 Å². The van der Waals surface area contributed by atoms with Gasteiger partial charge in [0, 0.05) is 0 Å². The molecule has 0 aromatic heterocycles. The van der Waals surface area contributed by atoms with Crippen molar-refractivity contribution in [2.75, 3.05) is 6.26 Å². The minimum atomic E-state index is -3.37. The molecule has 81 valence electrons. The monoisotopic (exact) mass is 226 g/mol. The van der Waals surface area contributed by atoms with Crippen LogP contribution in [-0.2, 0) is 21.2 Å². The van der Waals surface area contributed by atoms with Crippen LogP contribution >= 0.6 is 0 Å². The van der Waals surface area contributed by atoms with Crippen molar-refractivity contribution in [3.63, 3.8) is 0 Å². The standard InChI is InChI=1S/C10H12NO3S/c1-15(13,14)11-10(8-12)7-9-5-3-2-4-6-9/h2-6,10-11H,7H2,1H3. The van der Waals surface area contributed by atoms with E-state index in [0.29, 0.717) is 6.42 Å². The molecule has 0 heterocycles. The van der Waals surface area contributed by atoms with Gasteiger partial charge in [-0.3, -0.25) is 4.79 Å². The molecule has 0 saturated carbocycles. The number of hydrogen-bond acceptors (Lipinski definition) is 3. The molecule has 5 heteroatoms. The van der Waals surface area contributed by atoms with E-state index in [1.165, 1.54) is 0 Å². The van der Waals surface area contributed by atoms with Gasteiger partial charge in [0.25, 0.3) is 0 Å². The maximum atomic E-state index is 10.9. The van der Waals surface area contributed by atoms with Gasteiger partial charge in [0.15, 0.2) is 0 Å². The first-order chi connectivity index (χ1) is 7.01. The van der Waals surface area contributed by atoms with Gasteiger partial charge in [0.05, 0.1) is 12.3 Å². The lowest BCUT2D eigenvalue weighted by atomic mass is 10.1. The Hall–Kier alpha value is -1.20. The zero-order valence-corrected chi connectivity index (χ0v) is 9.12. The molecule has 0 bridgehead atoms. The molecule has 1 radical (unpaired) electrons. The van der Waals surface area contributed by atoms with E-state index in [1.807, 2.05) is 30.3 Å². The molecule has 1 unspecified atom stereocenters. The first kappa shape index (κ1) is 11.9. The molecule has 0 fully saturated rings. The fraction of sp³-hybridized carbons (Fsp3) is 0.300. The molecule has 1 atom stereocenters. The van der Waals surface area contributed by atoms with E-state index < -0.39 is 16.1 Å². The Balaban J connectivity index is 2.67. The molecule has 0 spiro atoms. The van der Waals surface area contributed by atoms with Crippen LogP contribution in [0.5, 0.6) is 0 Å². The predicted octanol–water partition coefficient (Wildman–Crippen LogP) is 0.257. The van der Waals surface area contributed by atoms with Crippen molar-refractivity contribution in [1.82, 2.24) is 4.72 Å². The van der Waals surface area contributed by atoms with Gasteiger partial charge < -0.3 is 0 Å². The van der Waals surface area contributed by atoms with Gasteiger partial charge in [-0.25, -0.2) is 13.1 Å². The van der Waals surface area contributed by atoms with Crippen LogP contribution in [0.2, 0.25) is 0 Å². The maximum absolute atomic E-state index is 10.9. The molecule has 1 N–H and O–H groups in total. The molecule has 1 aromatic rings. The Morgan fingerprint density at radius 2 is 1.93 bits per heavy atom. The van der Waals surface area contributed by atoms with Crippen LogP contribution in [0, 0.1) is 0 Å². The summed E-state index contributed by atoms with van der Waals surface area (Å²) < 4.78 is 24.0. The average molecular weight is 226 g/mol. The van der Waals surface area contributed by atoms with Gasteiger partial charge >= 0.3 is 0 Å². The van der Waals surface area contributed by atoms with E-state index in [0.717, 1.165) is 11.8 Å². The SMILES string of the molecule is CS(=O)(=O)NC([C]=O)Cc1ccccc1. The molecule has 0 aliphatic rings. The third kappa shape index (κ3) is 4.71. The van der Waals surface area contributed by atoms with Crippen LogP contribution < -0.4 is 4.72 Å². The number of hydrogen-bond donors (Lipinski definition) is 1. The van der Waals surface area contributed by atoms with Crippen LogP contribution in [0.4, 0.5) is 0 Å². The normalized spacial score (nSPS) is 13.4. The second-order valence-corrected chi connectivity index (χ2v) is 5.03. The number of sulfonamides is 1. The van der Waals surface area contributed by atoms with E-state index in [-0.39, 0.29) is 0 Å². The zero-order valence-electron chi connectivity index (χ0n) is 8.30. The van der Waals surface area contributed by atoms with Crippen molar-refractivity contribution in [2.24, 2.45) is 0 Å². The molecular formula is C10H12NO3S. The molecular weight excluding hydrogens is 214 g/mol. The molecule has 0 amide bonds. The van der Waals surface area contributed by atoms with Crippen molar-refractivity contribution in [2.45, 2.75) is 12.5 Å². The zero-order chi connectivity index (χ0) is 11.3. The highest BCUT2D eigenvalue weighted by Crippen LogP contribution is 2.02. The molecule has 1 aromatic carbocycles. The van der Waals surface area contributed by atoms with Crippen molar-refractivity contribution >= 4 is 16.3 Å². The van der Waals surface area contributed by atoms with Crippen LogP contribution in [0.3, 0.4) is 0 Å². The Morgan fingerprint density at radius 1 is 1.33 bits per heavy atom. The van der Waals surface area contributed by atoms with Gasteiger partial charge in [-0.1, -0.05) is 30.3 Å². The minimum absolute atomic E-state index is 0.317. The maximum Gasteiger partial charge on any atom is 0.218 e. The van der Waals surface area contributed by atoms with E-state index >= 15 is 0 Å². The third-order valence-corrected chi connectivity index (χ3v) is 2.49. The summed E-state index contributed by atoms with van der Waals surface area (Å²) in [5.41, 5.74) is 0.891.